The molecular formula is C17H25N3O2S. The van der Waals surface area contributed by atoms with Crippen LogP contribution >= 0.6 is 12.2 Å². The van der Waals surface area contributed by atoms with Crippen LogP contribution in [0.5, 0.6) is 0 Å². The molecule has 2 N–H and O–H groups in total. The molecule has 0 aromatic carbocycles. The molecule has 126 valence electrons. The van der Waals surface area contributed by atoms with Gasteiger partial charge in [0.05, 0.1) is 5.56 Å². The fourth-order valence-electron chi connectivity index (χ4n) is 2.73. The maximum atomic E-state index is 12.5. The molecule has 0 aliphatic carbocycles. The molecule has 1 saturated heterocycles. The molecule has 0 radical (unpaired) electrons. The van der Waals surface area contributed by atoms with E-state index in [4.69, 9.17) is 12.2 Å². The number of H-pyrrole nitrogens is 1. The molecular weight excluding hydrogens is 310 g/mol. The lowest BCUT2D eigenvalue weighted by molar-refractivity contribution is -0.126. The lowest BCUT2D eigenvalue weighted by atomic mass is 9.95. The second-order valence-electron chi connectivity index (χ2n) is 6.45. The van der Waals surface area contributed by atoms with Crippen LogP contribution < -0.4 is 5.32 Å². The van der Waals surface area contributed by atoms with Gasteiger partial charge in [-0.15, -0.1) is 0 Å². The van der Waals surface area contributed by atoms with Crippen LogP contribution in [0.4, 0.5) is 0 Å². The van der Waals surface area contributed by atoms with Gasteiger partial charge < -0.3 is 15.2 Å². The summed E-state index contributed by atoms with van der Waals surface area (Å²) in [5, 5.41) is 3.00. The number of pyridine rings is 1. The van der Waals surface area contributed by atoms with E-state index in [1.807, 2.05) is 0 Å². The van der Waals surface area contributed by atoms with Crippen LogP contribution in [0.1, 0.15) is 43.5 Å². The van der Waals surface area contributed by atoms with Crippen LogP contribution in [0, 0.1) is 16.5 Å². The number of aromatic amines is 1. The third-order valence-electron chi connectivity index (χ3n) is 4.22. The summed E-state index contributed by atoms with van der Waals surface area (Å²) in [5.74, 6) is 0.668. The number of piperidine rings is 1. The molecule has 2 heterocycles. The summed E-state index contributed by atoms with van der Waals surface area (Å²) in [6, 6.07) is 3.52. The summed E-state index contributed by atoms with van der Waals surface area (Å²) in [5.41, 5.74) is 0.530. The number of amides is 2. The monoisotopic (exact) mass is 335 g/mol. The topological polar surface area (TPSA) is 65.2 Å². The minimum atomic E-state index is -0.0504. The maximum Gasteiger partial charge on any atom is 0.256 e. The number of carbonyl (C=O) groups is 2. The predicted molar refractivity (Wildman–Crippen MR) is 92.7 cm³/mol. The van der Waals surface area contributed by atoms with Gasteiger partial charge in [0, 0.05) is 31.7 Å². The molecule has 23 heavy (non-hydrogen) atoms. The van der Waals surface area contributed by atoms with Gasteiger partial charge in [0.25, 0.3) is 5.91 Å². The quantitative estimate of drug-likeness (QED) is 0.813. The van der Waals surface area contributed by atoms with Crippen molar-refractivity contribution >= 4 is 24.0 Å². The summed E-state index contributed by atoms with van der Waals surface area (Å²) >= 11 is 5.16. The second-order valence-corrected chi connectivity index (χ2v) is 6.86. The molecule has 0 saturated carbocycles. The summed E-state index contributed by atoms with van der Waals surface area (Å²) in [6.07, 6.45) is 4.13. The van der Waals surface area contributed by atoms with Gasteiger partial charge >= 0.3 is 0 Å². The number of hydrogen-bond donors (Lipinski definition) is 2. The summed E-state index contributed by atoms with van der Waals surface area (Å²) < 4.78 is 0.464. The van der Waals surface area contributed by atoms with Crippen LogP contribution in [-0.4, -0.2) is 41.3 Å². The van der Waals surface area contributed by atoms with E-state index < -0.39 is 0 Å². The number of nitrogens with zero attached hydrogens (tertiary/aromatic N) is 1. The Morgan fingerprint density at radius 2 is 2.09 bits per heavy atom. The highest BCUT2D eigenvalue weighted by atomic mass is 32.1. The van der Waals surface area contributed by atoms with Crippen molar-refractivity contribution in [2.75, 3.05) is 19.6 Å². The van der Waals surface area contributed by atoms with Gasteiger partial charge in [-0.05, 0) is 37.3 Å². The zero-order valence-corrected chi connectivity index (χ0v) is 14.6. The Kier molecular flexibility index (Phi) is 6.33. The van der Waals surface area contributed by atoms with Crippen molar-refractivity contribution in [3.05, 3.63) is 28.5 Å². The third-order valence-corrected chi connectivity index (χ3v) is 4.56. The van der Waals surface area contributed by atoms with Gasteiger partial charge in [0.2, 0.25) is 5.91 Å². The number of likely N-dealkylation sites (tertiary alicyclic amines) is 1. The van der Waals surface area contributed by atoms with E-state index in [1.165, 1.54) is 0 Å². The Bertz CT molecular complexity index is 604. The van der Waals surface area contributed by atoms with E-state index in [2.05, 4.69) is 24.1 Å². The van der Waals surface area contributed by atoms with Crippen LogP contribution in [0.15, 0.2) is 18.3 Å². The third kappa shape index (κ3) is 4.89. The molecule has 0 atom stereocenters. The molecule has 1 aromatic rings. The van der Waals surface area contributed by atoms with Crippen molar-refractivity contribution in [1.29, 1.82) is 0 Å². The number of aromatic nitrogens is 1. The molecule has 1 aromatic heterocycles. The maximum absolute atomic E-state index is 12.5. The Balaban J connectivity index is 1.84. The fourth-order valence-corrected chi connectivity index (χ4v) is 2.96. The van der Waals surface area contributed by atoms with Gasteiger partial charge in [-0.25, -0.2) is 0 Å². The van der Waals surface area contributed by atoms with E-state index in [0.29, 0.717) is 42.1 Å². The number of hydrogen-bond acceptors (Lipinski definition) is 3. The fraction of sp³-hybridized carbons (Fsp3) is 0.588. The predicted octanol–water partition coefficient (Wildman–Crippen LogP) is 2.76. The Labute approximate surface area is 142 Å². The molecule has 2 rings (SSSR count). The smallest absolute Gasteiger partial charge is 0.256 e. The Morgan fingerprint density at radius 3 is 2.70 bits per heavy atom. The van der Waals surface area contributed by atoms with Gasteiger partial charge in [0.15, 0.2) is 0 Å². The van der Waals surface area contributed by atoms with E-state index in [-0.39, 0.29) is 17.7 Å². The standard InChI is InChI=1S/C17H25N3O2S/c1-12(2)5-9-18-15(21)13-6-10-20(11-7-13)17(22)14-4-3-8-19-16(14)23/h3-4,8,12-13H,5-7,9-11H2,1-2H3,(H,18,21)(H,19,23). The van der Waals surface area contributed by atoms with Crippen LogP contribution in [0.3, 0.4) is 0 Å². The van der Waals surface area contributed by atoms with Gasteiger partial charge in [0.1, 0.15) is 4.64 Å². The SMILES string of the molecule is CC(C)CCNC(=O)C1CCN(C(=O)c2ccc[nH]c2=S)CC1. The lowest BCUT2D eigenvalue weighted by Crippen LogP contribution is -2.43. The van der Waals surface area contributed by atoms with Crippen molar-refractivity contribution in [3.63, 3.8) is 0 Å². The average Bonchev–Trinajstić information content (AvgIpc) is 2.54. The van der Waals surface area contributed by atoms with E-state index in [9.17, 15) is 9.59 Å². The molecule has 1 fully saturated rings. The Hall–Kier alpha value is -1.69. The zero-order chi connectivity index (χ0) is 16.8. The van der Waals surface area contributed by atoms with E-state index in [1.54, 1.807) is 23.2 Å². The van der Waals surface area contributed by atoms with Crippen LogP contribution in [-0.2, 0) is 4.79 Å². The highest BCUT2D eigenvalue weighted by Crippen LogP contribution is 2.19. The minimum Gasteiger partial charge on any atom is -0.356 e. The minimum absolute atomic E-state index is 0.0107. The second kappa shape index (κ2) is 8.24. The molecule has 0 unspecified atom stereocenters. The zero-order valence-electron chi connectivity index (χ0n) is 13.8. The normalized spacial score (nSPS) is 15.7. The molecule has 6 heteroatoms. The van der Waals surface area contributed by atoms with E-state index >= 15 is 0 Å². The molecule has 1 aliphatic heterocycles. The first-order chi connectivity index (χ1) is 11.0. The van der Waals surface area contributed by atoms with Gasteiger partial charge in [-0.2, -0.15) is 0 Å². The highest BCUT2D eigenvalue weighted by molar-refractivity contribution is 7.71. The molecule has 5 nitrogen and oxygen atoms in total. The average molecular weight is 335 g/mol. The van der Waals surface area contributed by atoms with Crippen molar-refractivity contribution in [2.45, 2.75) is 33.1 Å². The van der Waals surface area contributed by atoms with Gasteiger partial charge in [-0.3, -0.25) is 9.59 Å². The van der Waals surface area contributed by atoms with Crippen LogP contribution in [0.25, 0.3) is 0 Å². The first kappa shape index (κ1) is 17.7. The lowest BCUT2D eigenvalue weighted by Gasteiger charge is -2.31. The summed E-state index contributed by atoms with van der Waals surface area (Å²) in [7, 11) is 0. The number of nitrogens with one attached hydrogen (secondary N) is 2. The number of carbonyl (C=O) groups excluding carboxylic acids is 2. The van der Waals surface area contributed by atoms with Crippen molar-refractivity contribution in [1.82, 2.24) is 15.2 Å². The van der Waals surface area contributed by atoms with Crippen molar-refractivity contribution < 1.29 is 9.59 Å². The molecule has 2 amide bonds. The van der Waals surface area contributed by atoms with Crippen molar-refractivity contribution in [3.8, 4) is 0 Å². The first-order valence-electron chi connectivity index (χ1n) is 8.23. The first-order valence-corrected chi connectivity index (χ1v) is 8.64. The van der Waals surface area contributed by atoms with Crippen molar-refractivity contribution in [2.24, 2.45) is 11.8 Å². The number of rotatable bonds is 5. The molecule has 1 aliphatic rings. The summed E-state index contributed by atoms with van der Waals surface area (Å²) in [6.45, 7) is 6.22. The van der Waals surface area contributed by atoms with Gasteiger partial charge in [-0.1, -0.05) is 26.1 Å². The highest BCUT2D eigenvalue weighted by Gasteiger charge is 2.28. The van der Waals surface area contributed by atoms with Crippen LogP contribution in [0.2, 0.25) is 0 Å². The summed E-state index contributed by atoms with van der Waals surface area (Å²) in [4.78, 5) is 29.3. The van der Waals surface area contributed by atoms with E-state index in [0.717, 1.165) is 13.0 Å². The molecule has 0 bridgehead atoms. The largest absolute Gasteiger partial charge is 0.356 e. The Morgan fingerprint density at radius 1 is 1.39 bits per heavy atom. The molecule has 0 spiro atoms.